The molecule has 1 aromatic heterocycles. The van der Waals surface area contributed by atoms with E-state index in [1.807, 2.05) is 11.4 Å². The summed E-state index contributed by atoms with van der Waals surface area (Å²) in [5, 5.41) is 9.18. The molecule has 0 saturated carbocycles. The van der Waals surface area contributed by atoms with Crippen LogP contribution in [0.1, 0.15) is 4.88 Å². The Balaban J connectivity index is 2.51. The van der Waals surface area contributed by atoms with Gasteiger partial charge in [-0.3, -0.25) is 5.41 Å². The normalized spacial score (nSPS) is 9.91. The van der Waals surface area contributed by atoms with Gasteiger partial charge in [-0.1, -0.05) is 11.8 Å². The Hall–Kier alpha value is -0.000000000000000111. The lowest BCUT2D eigenvalue weighted by Gasteiger charge is -1.95. The maximum atomic E-state index is 7.00. The highest BCUT2D eigenvalue weighted by Gasteiger charge is 2.01. The van der Waals surface area contributed by atoms with Crippen LogP contribution in [-0.2, 0) is 5.75 Å². The van der Waals surface area contributed by atoms with Crippen LogP contribution in [0, 0.1) is 5.41 Å². The molecule has 0 bridgehead atoms. The summed E-state index contributed by atoms with van der Waals surface area (Å²) in [6, 6.07) is 2.00. The molecule has 0 unspecified atom stereocenters. The van der Waals surface area contributed by atoms with Crippen LogP contribution in [0.25, 0.3) is 0 Å². The summed E-state index contributed by atoms with van der Waals surface area (Å²) in [6.45, 7) is 0. The zero-order valence-corrected chi connectivity index (χ0v) is 8.85. The summed E-state index contributed by atoms with van der Waals surface area (Å²) in [6.07, 6.45) is 0. The molecule has 0 atom stereocenters. The Kier molecular flexibility index (Phi) is 3.42. The van der Waals surface area contributed by atoms with Crippen LogP contribution in [-0.4, -0.2) is 5.17 Å². The van der Waals surface area contributed by atoms with E-state index in [0.29, 0.717) is 0 Å². The van der Waals surface area contributed by atoms with Crippen molar-refractivity contribution in [2.45, 2.75) is 5.75 Å². The minimum atomic E-state index is 0.172. The lowest BCUT2D eigenvalue weighted by Crippen LogP contribution is -2.03. The Morgan fingerprint density at radius 3 is 3.00 bits per heavy atom. The summed E-state index contributed by atoms with van der Waals surface area (Å²) in [4.78, 5) is 1.23. The molecule has 0 radical (unpaired) electrons. The van der Waals surface area contributed by atoms with Crippen LogP contribution < -0.4 is 5.73 Å². The quantitative estimate of drug-likeness (QED) is 0.627. The maximum Gasteiger partial charge on any atom is 0.151 e. The molecule has 1 heterocycles. The van der Waals surface area contributed by atoms with Crippen molar-refractivity contribution in [3.63, 3.8) is 0 Å². The van der Waals surface area contributed by atoms with Gasteiger partial charge in [-0.05, 0) is 27.4 Å². The van der Waals surface area contributed by atoms with Crippen LogP contribution in [0.2, 0.25) is 0 Å². The van der Waals surface area contributed by atoms with Crippen LogP contribution in [0.3, 0.4) is 0 Å². The molecule has 0 amide bonds. The zero-order chi connectivity index (χ0) is 8.27. The van der Waals surface area contributed by atoms with E-state index in [9.17, 15) is 0 Å². The molecule has 0 aliphatic carbocycles. The van der Waals surface area contributed by atoms with Crippen molar-refractivity contribution in [3.8, 4) is 0 Å². The minimum absolute atomic E-state index is 0.172. The van der Waals surface area contributed by atoms with Crippen molar-refractivity contribution in [1.29, 1.82) is 5.41 Å². The summed E-state index contributed by atoms with van der Waals surface area (Å²) in [7, 11) is 0. The topological polar surface area (TPSA) is 49.9 Å². The van der Waals surface area contributed by atoms with E-state index in [0.717, 1.165) is 10.2 Å². The minimum Gasteiger partial charge on any atom is -0.379 e. The van der Waals surface area contributed by atoms with Gasteiger partial charge in [-0.15, -0.1) is 11.3 Å². The first-order chi connectivity index (χ1) is 5.20. The average Bonchev–Trinajstić information content (AvgIpc) is 2.31. The first-order valence-electron chi connectivity index (χ1n) is 2.89. The van der Waals surface area contributed by atoms with Gasteiger partial charge >= 0.3 is 0 Å². The molecule has 0 spiro atoms. The van der Waals surface area contributed by atoms with Gasteiger partial charge in [0.1, 0.15) is 0 Å². The number of hydrogen-bond acceptors (Lipinski definition) is 3. The molecule has 5 heteroatoms. The molecule has 3 N–H and O–H groups in total. The van der Waals surface area contributed by atoms with Crippen LogP contribution in [0.4, 0.5) is 0 Å². The Morgan fingerprint density at radius 1 is 1.82 bits per heavy atom. The van der Waals surface area contributed by atoms with Crippen molar-refractivity contribution in [2.24, 2.45) is 5.73 Å². The van der Waals surface area contributed by atoms with E-state index in [4.69, 9.17) is 11.1 Å². The van der Waals surface area contributed by atoms with E-state index in [-0.39, 0.29) is 5.17 Å². The fourth-order valence-corrected chi connectivity index (χ4v) is 2.92. The molecule has 1 aromatic rings. The summed E-state index contributed by atoms with van der Waals surface area (Å²) in [5.74, 6) is 0.785. The second kappa shape index (κ2) is 4.13. The number of amidine groups is 1. The van der Waals surface area contributed by atoms with Gasteiger partial charge in [-0.2, -0.15) is 0 Å². The van der Waals surface area contributed by atoms with Gasteiger partial charge in [0.15, 0.2) is 5.17 Å². The van der Waals surface area contributed by atoms with Gasteiger partial charge < -0.3 is 5.73 Å². The second-order valence-corrected chi connectivity index (χ2v) is 4.72. The maximum absolute atomic E-state index is 7.00. The second-order valence-electron chi connectivity index (χ2n) is 1.84. The SMILES string of the molecule is N=C(N)SCc1sccc1Br. The predicted octanol–water partition coefficient (Wildman–Crippen LogP) is 2.64. The highest BCUT2D eigenvalue weighted by molar-refractivity contribution is 9.10. The number of nitrogens with one attached hydrogen (secondary N) is 1. The first-order valence-corrected chi connectivity index (χ1v) is 5.54. The molecule has 0 aliphatic heterocycles. The van der Waals surface area contributed by atoms with E-state index in [1.54, 1.807) is 11.3 Å². The van der Waals surface area contributed by atoms with E-state index in [1.165, 1.54) is 16.6 Å². The molecule has 11 heavy (non-hydrogen) atoms. The van der Waals surface area contributed by atoms with E-state index in [2.05, 4.69) is 15.9 Å². The van der Waals surface area contributed by atoms with E-state index < -0.39 is 0 Å². The molecule has 0 aliphatic rings. The third-order valence-corrected chi connectivity index (χ3v) is 3.90. The fraction of sp³-hybridized carbons (Fsp3) is 0.167. The van der Waals surface area contributed by atoms with Gasteiger partial charge in [0.25, 0.3) is 0 Å². The van der Waals surface area contributed by atoms with Gasteiger partial charge in [0.05, 0.1) is 0 Å². The van der Waals surface area contributed by atoms with Gasteiger partial charge in [0, 0.05) is 15.1 Å². The van der Waals surface area contributed by atoms with Crippen molar-refractivity contribution in [1.82, 2.24) is 0 Å². The Morgan fingerprint density at radius 2 is 2.55 bits per heavy atom. The highest BCUT2D eigenvalue weighted by atomic mass is 79.9. The Labute approximate surface area is 81.8 Å². The fourth-order valence-electron chi connectivity index (χ4n) is 0.571. The van der Waals surface area contributed by atoms with Crippen LogP contribution >= 0.6 is 39.0 Å². The summed E-state index contributed by atoms with van der Waals surface area (Å²) >= 11 is 6.42. The Bertz CT molecular complexity index is 259. The molecule has 60 valence electrons. The lowest BCUT2D eigenvalue weighted by molar-refractivity contribution is 1.48. The number of nitrogens with two attached hydrogens (primary N) is 1. The number of thioether (sulfide) groups is 1. The largest absolute Gasteiger partial charge is 0.379 e. The first kappa shape index (κ1) is 9.09. The van der Waals surface area contributed by atoms with Crippen LogP contribution in [0.15, 0.2) is 15.9 Å². The lowest BCUT2D eigenvalue weighted by atomic mass is 10.5. The third-order valence-electron chi connectivity index (χ3n) is 1.05. The van der Waals surface area contributed by atoms with E-state index >= 15 is 0 Å². The van der Waals surface area contributed by atoms with Crippen LogP contribution in [0.5, 0.6) is 0 Å². The molecule has 0 fully saturated rings. The monoisotopic (exact) mass is 250 g/mol. The molecular weight excluding hydrogens is 244 g/mol. The number of rotatable bonds is 2. The number of thiophene rings is 1. The number of hydrogen-bond donors (Lipinski definition) is 2. The standard InChI is InChI=1S/C6H7BrN2S2/c7-4-1-2-10-5(4)3-11-6(8)9/h1-2H,3H2,(H3,8,9). The molecular formula is C6H7BrN2S2. The van der Waals surface area contributed by atoms with Crippen molar-refractivity contribution >= 4 is 44.2 Å². The molecule has 0 aromatic carbocycles. The molecule has 1 rings (SSSR count). The van der Waals surface area contributed by atoms with Crippen molar-refractivity contribution in [3.05, 3.63) is 20.8 Å². The summed E-state index contributed by atoms with van der Waals surface area (Å²) in [5.41, 5.74) is 5.19. The smallest absolute Gasteiger partial charge is 0.151 e. The highest BCUT2D eigenvalue weighted by Crippen LogP contribution is 2.26. The van der Waals surface area contributed by atoms with Gasteiger partial charge in [0.2, 0.25) is 0 Å². The summed E-state index contributed by atoms with van der Waals surface area (Å²) < 4.78 is 1.11. The van der Waals surface area contributed by atoms with Crippen molar-refractivity contribution in [2.75, 3.05) is 0 Å². The van der Waals surface area contributed by atoms with Crippen molar-refractivity contribution < 1.29 is 0 Å². The molecule has 2 nitrogen and oxygen atoms in total. The molecule has 0 saturated heterocycles. The zero-order valence-electron chi connectivity index (χ0n) is 5.63. The average molecular weight is 251 g/mol. The number of halogens is 1. The van der Waals surface area contributed by atoms with Gasteiger partial charge in [-0.25, -0.2) is 0 Å². The predicted molar refractivity (Wildman–Crippen MR) is 55.2 cm³/mol. The third kappa shape index (κ3) is 2.84.